The number of carbonyl (C=O) groups excluding carboxylic acids is 1. The van der Waals surface area contributed by atoms with Gasteiger partial charge in [-0.25, -0.2) is 0 Å². The molecule has 3 aliphatic heterocycles. The zero-order valence-corrected chi connectivity index (χ0v) is 13.1. The molecule has 1 aromatic carbocycles. The Bertz CT molecular complexity index is 737. The largest absolute Gasteiger partial charge is 0.508 e. The minimum atomic E-state index is -0.250. The van der Waals surface area contributed by atoms with Crippen LogP contribution in [0.4, 0.5) is 0 Å². The minimum absolute atomic E-state index is 0.140. The number of benzene rings is 1. The summed E-state index contributed by atoms with van der Waals surface area (Å²) in [7, 11) is 0. The monoisotopic (exact) mass is 332 g/mol. The van der Waals surface area contributed by atoms with Gasteiger partial charge in [0.05, 0.1) is 5.52 Å². The van der Waals surface area contributed by atoms with Crippen molar-refractivity contribution in [2.24, 2.45) is 5.92 Å². The molecule has 0 saturated carbocycles. The summed E-state index contributed by atoms with van der Waals surface area (Å²) < 4.78 is 0. The van der Waals surface area contributed by atoms with Crippen LogP contribution in [-0.2, 0) is 4.79 Å². The molecule has 0 unspecified atom stereocenters. The highest BCUT2D eigenvalue weighted by Gasteiger charge is 2.35. The van der Waals surface area contributed by atoms with Crippen molar-refractivity contribution >= 4 is 23.3 Å². The van der Waals surface area contributed by atoms with E-state index in [9.17, 15) is 9.90 Å². The molecule has 5 rings (SSSR count). The summed E-state index contributed by atoms with van der Waals surface area (Å²) in [5.74, 6) is 0.559. The number of carboxylic acid groups (broad SMARTS) is 1. The average Bonchev–Trinajstić information content (AvgIpc) is 3.00. The molecule has 2 aromatic rings. The second-order valence-electron chi connectivity index (χ2n) is 6.13. The smallest absolute Gasteiger partial charge is 0.290 e. The van der Waals surface area contributed by atoms with Gasteiger partial charge in [-0.3, -0.25) is 14.7 Å². The van der Waals surface area contributed by atoms with Crippen LogP contribution in [0.5, 0.6) is 5.75 Å². The van der Waals surface area contributed by atoms with Gasteiger partial charge in [0.2, 0.25) is 0 Å². The van der Waals surface area contributed by atoms with Crippen LogP contribution in [0.3, 0.4) is 0 Å². The van der Waals surface area contributed by atoms with Crippen molar-refractivity contribution in [3.05, 3.63) is 23.9 Å². The lowest BCUT2D eigenvalue weighted by Crippen LogP contribution is -2.57. The maximum Gasteiger partial charge on any atom is 0.290 e. The van der Waals surface area contributed by atoms with E-state index in [-0.39, 0.29) is 24.2 Å². The number of phenols is 1. The predicted octanol–water partition coefficient (Wildman–Crippen LogP) is 0.793. The lowest BCUT2D eigenvalue weighted by molar-refractivity contribution is -0.122. The van der Waals surface area contributed by atoms with Gasteiger partial charge >= 0.3 is 0 Å². The lowest BCUT2D eigenvalue weighted by Gasteiger charge is -2.44. The third kappa shape index (κ3) is 3.18. The van der Waals surface area contributed by atoms with Gasteiger partial charge in [0.25, 0.3) is 12.4 Å². The van der Waals surface area contributed by atoms with Gasteiger partial charge in [-0.1, -0.05) is 0 Å². The molecule has 128 valence electrons. The number of rotatable bonds is 2. The Labute approximate surface area is 138 Å². The third-order valence-electron chi connectivity index (χ3n) is 4.73. The summed E-state index contributed by atoms with van der Waals surface area (Å²) in [5, 5.41) is 27.2. The van der Waals surface area contributed by atoms with Crippen LogP contribution in [-0.4, -0.2) is 63.4 Å². The molecule has 3 saturated heterocycles. The van der Waals surface area contributed by atoms with E-state index >= 15 is 0 Å². The summed E-state index contributed by atoms with van der Waals surface area (Å²) in [6.45, 7) is 2.98. The number of hydrogen-bond donors (Lipinski definition) is 4. The molecule has 0 spiro atoms. The van der Waals surface area contributed by atoms with Crippen LogP contribution in [0.25, 0.3) is 10.9 Å². The Kier molecular flexibility index (Phi) is 4.66. The zero-order valence-electron chi connectivity index (χ0n) is 13.1. The van der Waals surface area contributed by atoms with E-state index in [2.05, 4.69) is 20.4 Å². The molecular weight excluding hydrogens is 312 g/mol. The number of H-pyrrole nitrogens is 1. The number of piperidine rings is 3. The number of amides is 1. The standard InChI is InChI=1S/C15H18N4O2.CH2O2/c20-10-1-2-12-11(7-10)14(18-17-12)15(21)16-13-8-19-5-3-9(13)4-6-19;2-1-3/h1-2,7,9,13,20H,3-6,8H2,(H,16,21)(H,17,18);1H,(H,2,3)/t13-;/m0./s1. The van der Waals surface area contributed by atoms with Gasteiger partial charge in [0, 0.05) is 18.0 Å². The molecular formula is C16H20N4O4. The number of phenolic OH excluding ortho intramolecular Hbond substituents is 1. The maximum absolute atomic E-state index is 12.5. The van der Waals surface area contributed by atoms with Crippen LogP contribution in [0, 0.1) is 5.92 Å². The van der Waals surface area contributed by atoms with Gasteiger partial charge in [-0.05, 0) is 50.0 Å². The van der Waals surface area contributed by atoms with Gasteiger partial charge < -0.3 is 20.4 Å². The molecule has 4 heterocycles. The maximum atomic E-state index is 12.5. The quantitative estimate of drug-likeness (QED) is 0.604. The molecule has 1 atom stereocenters. The number of carbonyl (C=O) groups is 2. The number of aromatic hydroxyl groups is 1. The molecule has 0 radical (unpaired) electrons. The van der Waals surface area contributed by atoms with Crippen LogP contribution < -0.4 is 5.32 Å². The number of nitrogens with zero attached hydrogens (tertiary/aromatic N) is 2. The highest BCUT2D eigenvalue weighted by molar-refractivity contribution is 6.05. The van der Waals surface area contributed by atoms with Crippen molar-refractivity contribution in [2.45, 2.75) is 18.9 Å². The molecule has 3 fully saturated rings. The zero-order chi connectivity index (χ0) is 17.1. The SMILES string of the molecule is O=C(N[C@H]1CN2CCC1CC2)c1n[nH]c2ccc(O)cc12.O=CO. The van der Waals surface area contributed by atoms with Gasteiger partial charge in [-0.15, -0.1) is 0 Å². The fourth-order valence-electron chi connectivity index (χ4n) is 3.54. The third-order valence-corrected chi connectivity index (χ3v) is 4.73. The summed E-state index contributed by atoms with van der Waals surface area (Å²) in [5.41, 5.74) is 1.12. The van der Waals surface area contributed by atoms with E-state index in [0.717, 1.165) is 38.0 Å². The molecule has 4 N–H and O–H groups in total. The highest BCUT2D eigenvalue weighted by atomic mass is 16.3. The van der Waals surface area contributed by atoms with Crippen molar-refractivity contribution in [3.63, 3.8) is 0 Å². The van der Waals surface area contributed by atoms with E-state index in [1.54, 1.807) is 18.2 Å². The average molecular weight is 332 g/mol. The van der Waals surface area contributed by atoms with Crippen molar-refractivity contribution in [3.8, 4) is 5.75 Å². The van der Waals surface area contributed by atoms with Crippen molar-refractivity contribution < 1.29 is 19.8 Å². The fraction of sp³-hybridized carbons (Fsp3) is 0.438. The molecule has 3 aliphatic rings. The fourth-order valence-corrected chi connectivity index (χ4v) is 3.54. The molecule has 2 bridgehead atoms. The number of fused-ring (bicyclic) bond motifs is 4. The number of nitrogens with one attached hydrogen (secondary N) is 2. The second kappa shape index (κ2) is 6.88. The second-order valence-corrected chi connectivity index (χ2v) is 6.13. The molecule has 1 aromatic heterocycles. The topological polar surface area (TPSA) is 119 Å². The minimum Gasteiger partial charge on any atom is -0.508 e. The van der Waals surface area contributed by atoms with E-state index < -0.39 is 0 Å². The number of hydrogen-bond acceptors (Lipinski definition) is 5. The van der Waals surface area contributed by atoms with Crippen LogP contribution in [0.15, 0.2) is 18.2 Å². The normalized spacial score (nSPS) is 24.9. The van der Waals surface area contributed by atoms with Crippen molar-refractivity contribution in [1.82, 2.24) is 20.4 Å². The summed E-state index contributed by atoms with van der Waals surface area (Å²) >= 11 is 0. The Morgan fingerprint density at radius 3 is 2.71 bits per heavy atom. The summed E-state index contributed by atoms with van der Waals surface area (Å²) in [6.07, 6.45) is 2.32. The number of aromatic nitrogens is 2. The van der Waals surface area contributed by atoms with Crippen LogP contribution >= 0.6 is 0 Å². The summed E-state index contributed by atoms with van der Waals surface area (Å²) in [6, 6.07) is 5.09. The molecule has 8 nitrogen and oxygen atoms in total. The Morgan fingerprint density at radius 1 is 1.38 bits per heavy atom. The molecule has 0 aliphatic carbocycles. The van der Waals surface area contributed by atoms with Crippen molar-refractivity contribution in [1.29, 1.82) is 0 Å². The van der Waals surface area contributed by atoms with E-state index in [0.29, 0.717) is 17.0 Å². The van der Waals surface area contributed by atoms with Crippen molar-refractivity contribution in [2.75, 3.05) is 19.6 Å². The molecule has 24 heavy (non-hydrogen) atoms. The first kappa shape index (κ1) is 16.3. The first-order valence-electron chi connectivity index (χ1n) is 7.90. The first-order chi connectivity index (χ1) is 11.6. The van der Waals surface area contributed by atoms with Crippen LogP contribution in [0.2, 0.25) is 0 Å². The van der Waals surface area contributed by atoms with E-state index in [4.69, 9.17) is 9.90 Å². The number of aromatic amines is 1. The van der Waals surface area contributed by atoms with Gasteiger partial charge in [0.15, 0.2) is 5.69 Å². The molecule has 1 amide bonds. The van der Waals surface area contributed by atoms with E-state index in [1.165, 1.54) is 0 Å². The van der Waals surface area contributed by atoms with Gasteiger partial charge in [-0.2, -0.15) is 5.10 Å². The summed E-state index contributed by atoms with van der Waals surface area (Å²) in [4.78, 5) is 23.2. The van der Waals surface area contributed by atoms with E-state index in [1.807, 2.05) is 0 Å². The first-order valence-corrected chi connectivity index (χ1v) is 7.90. The van der Waals surface area contributed by atoms with Crippen LogP contribution in [0.1, 0.15) is 23.3 Å². The Balaban J connectivity index is 0.000000526. The Hall–Kier alpha value is -2.61. The lowest BCUT2D eigenvalue weighted by atomic mass is 9.84. The predicted molar refractivity (Wildman–Crippen MR) is 86.9 cm³/mol. The Morgan fingerprint density at radius 2 is 2.08 bits per heavy atom. The highest BCUT2D eigenvalue weighted by Crippen LogP contribution is 2.28. The van der Waals surface area contributed by atoms with Gasteiger partial charge in [0.1, 0.15) is 5.75 Å². The molecule has 8 heteroatoms.